The van der Waals surface area contributed by atoms with Gasteiger partial charge in [0.1, 0.15) is 12.4 Å². The van der Waals surface area contributed by atoms with Crippen molar-refractivity contribution in [2.24, 2.45) is 5.92 Å². The zero-order chi connectivity index (χ0) is 12.3. The highest BCUT2D eigenvalue weighted by molar-refractivity contribution is 5.24. The summed E-state index contributed by atoms with van der Waals surface area (Å²) in [5, 5.41) is 9.75. The van der Waals surface area contributed by atoms with Crippen molar-refractivity contribution in [3.63, 3.8) is 0 Å². The number of benzene rings is 1. The van der Waals surface area contributed by atoms with Crippen LogP contribution in [0, 0.1) is 17.6 Å². The maximum Gasteiger partial charge on any atom is 0.167 e. The van der Waals surface area contributed by atoms with Gasteiger partial charge < -0.3 is 14.6 Å². The molecule has 1 aliphatic heterocycles. The van der Waals surface area contributed by atoms with Crippen LogP contribution in [0.4, 0.5) is 8.78 Å². The monoisotopic (exact) mass is 244 g/mol. The number of aliphatic hydroxyl groups excluding tert-OH is 1. The zero-order valence-electron chi connectivity index (χ0n) is 9.23. The molecule has 0 amide bonds. The maximum absolute atomic E-state index is 13.2. The molecule has 5 heteroatoms. The van der Waals surface area contributed by atoms with E-state index < -0.39 is 17.7 Å². The van der Waals surface area contributed by atoms with Gasteiger partial charge in [-0.05, 0) is 18.6 Å². The lowest BCUT2D eigenvalue weighted by atomic mass is 10.0. The molecule has 0 bridgehead atoms. The summed E-state index contributed by atoms with van der Waals surface area (Å²) in [5.74, 6) is -1.44. The van der Waals surface area contributed by atoms with Crippen LogP contribution >= 0.6 is 0 Å². The smallest absolute Gasteiger partial charge is 0.167 e. The van der Waals surface area contributed by atoms with Crippen molar-refractivity contribution < 1.29 is 23.4 Å². The Hall–Kier alpha value is -1.20. The normalized spacial score (nSPS) is 21.5. The molecule has 94 valence electrons. The predicted octanol–water partition coefficient (Wildman–Crippen LogP) is 1.74. The van der Waals surface area contributed by atoms with E-state index in [4.69, 9.17) is 9.47 Å². The lowest BCUT2D eigenvalue weighted by molar-refractivity contribution is 0.0486. The van der Waals surface area contributed by atoms with Gasteiger partial charge in [-0.15, -0.1) is 0 Å². The van der Waals surface area contributed by atoms with Gasteiger partial charge in [-0.3, -0.25) is 0 Å². The molecule has 1 N–H and O–H groups in total. The van der Waals surface area contributed by atoms with Gasteiger partial charge in [0.25, 0.3) is 0 Å². The van der Waals surface area contributed by atoms with E-state index in [1.165, 1.54) is 6.07 Å². The summed E-state index contributed by atoms with van der Waals surface area (Å²) < 4.78 is 36.1. The lowest BCUT2D eigenvalue weighted by Gasteiger charge is -2.17. The fourth-order valence-corrected chi connectivity index (χ4v) is 1.76. The molecular formula is C12H14F2O3. The number of rotatable bonds is 4. The third-order valence-corrected chi connectivity index (χ3v) is 2.81. The van der Waals surface area contributed by atoms with Crippen molar-refractivity contribution in [1.29, 1.82) is 0 Å². The second-order valence-electron chi connectivity index (χ2n) is 4.08. The second-order valence-corrected chi connectivity index (χ2v) is 4.08. The Kier molecular flexibility index (Phi) is 3.91. The molecule has 0 aromatic heterocycles. The van der Waals surface area contributed by atoms with Gasteiger partial charge in [0.05, 0.1) is 12.7 Å². The van der Waals surface area contributed by atoms with E-state index in [-0.39, 0.29) is 18.3 Å². The van der Waals surface area contributed by atoms with Gasteiger partial charge in [-0.2, -0.15) is 0 Å². The average molecular weight is 244 g/mol. The Bertz CT molecular complexity index is 378. The molecule has 0 saturated carbocycles. The Labute approximate surface area is 98.0 Å². The minimum atomic E-state index is -0.764. The third-order valence-electron chi connectivity index (χ3n) is 2.81. The molecule has 1 heterocycles. The summed E-state index contributed by atoms with van der Waals surface area (Å²) in [6.45, 7) is 1.11. The van der Waals surface area contributed by atoms with Crippen molar-refractivity contribution in [3.05, 3.63) is 29.8 Å². The molecule has 2 atom stereocenters. The molecule has 3 nitrogen and oxygen atoms in total. The number of hydrogen-bond donors (Lipinski definition) is 1. The number of aliphatic hydroxyl groups is 1. The maximum atomic E-state index is 13.2. The van der Waals surface area contributed by atoms with Gasteiger partial charge in [0.15, 0.2) is 11.6 Å². The Morgan fingerprint density at radius 1 is 1.47 bits per heavy atom. The summed E-state index contributed by atoms with van der Waals surface area (Å²) >= 11 is 0. The summed E-state index contributed by atoms with van der Waals surface area (Å²) in [5.41, 5.74) is 0. The van der Waals surface area contributed by atoms with Gasteiger partial charge >= 0.3 is 0 Å². The van der Waals surface area contributed by atoms with Crippen LogP contribution in [0.25, 0.3) is 0 Å². The molecule has 0 radical (unpaired) electrons. The minimum Gasteiger partial charge on any atom is -0.488 e. The van der Waals surface area contributed by atoms with Gasteiger partial charge in [0.2, 0.25) is 0 Å². The van der Waals surface area contributed by atoms with Crippen LogP contribution in [0.1, 0.15) is 6.42 Å². The van der Waals surface area contributed by atoms with Crippen LogP contribution in [0.2, 0.25) is 0 Å². The number of ether oxygens (including phenoxy) is 2. The molecular weight excluding hydrogens is 230 g/mol. The van der Waals surface area contributed by atoms with Crippen molar-refractivity contribution in [2.75, 3.05) is 19.8 Å². The van der Waals surface area contributed by atoms with Crippen molar-refractivity contribution in [1.82, 2.24) is 0 Å². The molecule has 1 saturated heterocycles. The largest absolute Gasteiger partial charge is 0.488 e. The van der Waals surface area contributed by atoms with Crippen LogP contribution < -0.4 is 4.74 Å². The first-order valence-corrected chi connectivity index (χ1v) is 5.50. The van der Waals surface area contributed by atoms with Gasteiger partial charge in [-0.1, -0.05) is 0 Å². The fraction of sp³-hybridized carbons (Fsp3) is 0.500. The summed E-state index contributed by atoms with van der Waals surface area (Å²) in [7, 11) is 0. The second kappa shape index (κ2) is 5.42. The van der Waals surface area contributed by atoms with Crippen LogP contribution in [0.15, 0.2) is 18.2 Å². The van der Waals surface area contributed by atoms with E-state index in [2.05, 4.69) is 0 Å². The number of hydrogen-bond acceptors (Lipinski definition) is 3. The molecule has 17 heavy (non-hydrogen) atoms. The predicted molar refractivity (Wildman–Crippen MR) is 56.8 cm³/mol. The van der Waals surface area contributed by atoms with E-state index in [9.17, 15) is 13.9 Å². The van der Waals surface area contributed by atoms with Crippen LogP contribution in [0.3, 0.4) is 0 Å². The molecule has 1 fully saturated rings. The van der Waals surface area contributed by atoms with E-state index in [1.807, 2.05) is 0 Å². The van der Waals surface area contributed by atoms with Gasteiger partial charge in [-0.25, -0.2) is 8.78 Å². The zero-order valence-corrected chi connectivity index (χ0v) is 9.23. The molecule has 0 spiro atoms. The van der Waals surface area contributed by atoms with Crippen LogP contribution in [0.5, 0.6) is 5.75 Å². The topological polar surface area (TPSA) is 38.7 Å². The molecule has 2 rings (SSSR count). The Balaban J connectivity index is 1.88. The van der Waals surface area contributed by atoms with Crippen LogP contribution in [-0.4, -0.2) is 31.0 Å². The Morgan fingerprint density at radius 2 is 2.29 bits per heavy atom. The summed E-state index contributed by atoms with van der Waals surface area (Å²) in [6.07, 6.45) is 0.0816. The molecule has 1 aromatic carbocycles. The molecule has 1 aromatic rings. The third kappa shape index (κ3) is 3.14. The van der Waals surface area contributed by atoms with E-state index >= 15 is 0 Å². The van der Waals surface area contributed by atoms with E-state index in [0.717, 1.165) is 18.6 Å². The average Bonchev–Trinajstić information content (AvgIpc) is 2.81. The van der Waals surface area contributed by atoms with Crippen LogP contribution in [-0.2, 0) is 4.74 Å². The first kappa shape index (κ1) is 12.3. The molecule has 0 aliphatic carbocycles. The highest BCUT2D eigenvalue weighted by Crippen LogP contribution is 2.20. The highest BCUT2D eigenvalue weighted by atomic mass is 19.1. The van der Waals surface area contributed by atoms with Crippen molar-refractivity contribution in [3.8, 4) is 5.75 Å². The van der Waals surface area contributed by atoms with Crippen molar-refractivity contribution in [2.45, 2.75) is 12.5 Å². The highest BCUT2D eigenvalue weighted by Gasteiger charge is 2.24. The molecule has 2 unspecified atom stereocenters. The van der Waals surface area contributed by atoms with E-state index in [1.54, 1.807) is 0 Å². The Morgan fingerprint density at radius 3 is 2.94 bits per heavy atom. The lowest BCUT2D eigenvalue weighted by Crippen LogP contribution is -2.27. The summed E-state index contributed by atoms with van der Waals surface area (Å²) in [6, 6.07) is 3.08. The quantitative estimate of drug-likeness (QED) is 0.876. The van der Waals surface area contributed by atoms with Crippen molar-refractivity contribution >= 4 is 0 Å². The fourth-order valence-electron chi connectivity index (χ4n) is 1.76. The minimum absolute atomic E-state index is 0.0173. The first-order valence-electron chi connectivity index (χ1n) is 5.50. The van der Waals surface area contributed by atoms with Gasteiger partial charge in [0, 0.05) is 18.6 Å². The summed E-state index contributed by atoms with van der Waals surface area (Å²) in [4.78, 5) is 0. The standard InChI is InChI=1S/C12H14F2O3/c13-9-1-2-12(10(14)5-9)17-7-11(15)8-3-4-16-6-8/h1-2,5,8,11,15H,3-4,6-7H2. The van der Waals surface area contributed by atoms with E-state index in [0.29, 0.717) is 13.2 Å². The number of halogens is 2. The molecule has 1 aliphatic rings. The SMILES string of the molecule is OC(COc1ccc(F)cc1F)C1CCOC1. The first-order chi connectivity index (χ1) is 8.16.